The summed E-state index contributed by atoms with van der Waals surface area (Å²) in [6.45, 7) is 5.48. The SMILES string of the molecule is C[C@@H]1CN=C(N2CCN(C(=O)Nc3ccc(F)cc3F)CC2)S1. The van der Waals surface area contributed by atoms with Crippen molar-refractivity contribution in [2.24, 2.45) is 4.99 Å². The monoisotopic (exact) mass is 340 g/mol. The maximum Gasteiger partial charge on any atom is 0.322 e. The number of aliphatic imine (C=N–C) groups is 1. The number of anilines is 1. The molecular weight excluding hydrogens is 322 g/mol. The van der Waals surface area contributed by atoms with E-state index in [1.54, 1.807) is 16.7 Å². The third-order valence-corrected chi connectivity index (χ3v) is 4.95. The summed E-state index contributed by atoms with van der Waals surface area (Å²) in [5.41, 5.74) is -0.0108. The average Bonchev–Trinajstić information content (AvgIpc) is 2.97. The smallest absolute Gasteiger partial charge is 0.322 e. The van der Waals surface area contributed by atoms with Gasteiger partial charge in [0.15, 0.2) is 5.17 Å². The summed E-state index contributed by atoms with van der Waals surface area (Å²) in [6.07, 6.45) is 0. The maximum absolute atomic E-state index is 13.6. The van der Waals surface area contributed by atoms with Gasteiger partial charge in [-0.3, -0.25) is 4.99 Å². The number of amides is 2. The predicted octanol–water partition coefficient (Wildman–Crippen LogP) is 2.61. The number of halogens is 2. The topological polar surface area (TPSA) is 47.9 Å². The number of benzene rings is 1. The lowest BCUT2D eigenvalue weighted by Gasteiger charge is -2.35. The van der Waals surface area contributed by atoms with Gasteiger partial charge in [-0.15, -0.1) is 0 Å². The van der Waals surface area contributed by atoms with E-state index in [4.69, 9.17) is 0 Å². The Morgan fingerprint density at radius 3 is 2.65 bits per heavy atom. The number of carbonyl (C=O) groups is 1. The van der Waals surface area contributed by atoms with Crippen LogP contribution in [0.1, 0.15) is 6.92 Å². The number of hydrogen-bond acceptors (Lipinski definition) is 4. The molecular formula is C15H18F2N4OS. The molecule has 3 rings (SSSR count). The number of rotatable bonds is 1. The molecule has 5 nitrogen and oxygen atoms in total. The summed E-state index contributed by atoms with van der Waals surface area (Å²) >= 11 is 1.76. The van der Waals surface area contributed by atoms with Gasteiger partial charge in [-0.25, -0.2) is 13.6 Å². The molecule has 1 fully saturated rings. The van der Waals surface area contributed by atoms with Gasteiger partial charge in [0, 0.05) is 37.5 Å². The van der Waals surface area contributed by atoms with Crippen LogP contribution >= 0.6 is 11.8 Å². The molecule has 2 amide bonds. The highest BCUT2D eigenvalue weighted by Crippen LogP contribution is 2.24. The van der Waals surface area contributed by atoms with Crippen LogP contribution < -0.4 is 5.32 Å². The minimum atomic E-state index is -0.775. The molecule has 1 aromatic carbocycles. The van der Waals surface area contributed by atoms with Gasteiger partial charge in [-0.05, 0) is 12.1 Å². The van der Waals surface area contributed by atoms with Crippen molar-refractivity contribution in [1.82, 2.24) is 9.80 Å². The third kappa shape index (κ3) is 3.74. The number of nitrogens with zero attached hydrogens (tertiary/aromatic N) is 3. The fraction of sp³-hybridized carbons (Fsp3) is 0.467. The first-order chi connectivity index (χ1) is 11.0. The van der Waals surface area contributed by atoms with Gasteiger partial charge < -0.3 is 15.1 Å². The van der Waals surface area contributed by atoms with Crippen molar-refractivity contribution in [3.8, 4) is 0 Å². The summed E-state index contributed by atoms with van der Waals surface area (Å²) < 4.78 is 26.5. The molecule has 1 N–H and O–H groups in total. The summed E-state index contributed by atoms with van der Waals surface area (Å²) in [5.74, 6) is -1.44. The van der Waals surface area contributed by atoms with Crippen LogP contribution in [-0.2, 0) is 0 Å². The first kappa shape index (κ1) is 16.0. The van der Waals surface area contributed by atoms with Gasteiger partial charge in [-0.1, -0.05) is 18.7 Å². The lowest BCUT2D eigenvalue weighted by molar-refractivity contribution is 0.182. The fourth-order valence-electron chi connectivity index (χ4n) is 2.52. The fourth-order valence-corrected chi connectivity index (χ4v) is 3.51. The van der Waals surface area contributed by atoms with Crippen molar-refractivity contribution in [3.05, 3.63) is 29.8 Å². The van der Waals surface area contributed by atoms with Crippen LogP contribution in [0.5, 0.6) is 0 Å². The van der Waals surface area contributed by atoms with E-state index in [0.717, 1.165) is 23.8 Å². The van der Waals surface area contributed by atoms with E-state index >= 15 is 0 Å². The van der Waals surface area contributed by atoms with E-state index in [2.05, 4.69) is 22.1 Å². The molecule has 0 radical (unpaired) electrons. The molecule has 0 aliphatic carbocycles. The highest BCUT2D eigenvalue weighted by Gasteiger charge is 2.26. The number of amidine groups is 1. The van der Waals surface area contributed by atoms with Gasteiger partial charge >= 0.3 is 6.03 Å². The normalized spacial score (nSPS) is 21.3. The van der Waals surface area contributed by atoms with Crippen LogP contribution in [0, 0.1) is 11.6 Å². The van der Waals surface area contributed by atoms with Crippen molar-refractivity contribution < 1.29 is 13.6 Å². The molecule has 1 aromatic rings. The van der Waals surface area contributed by atoms with Gasteiger partial charge in [0.05, 0.1) is 12.2 Å². The number of carbonyl (C=O) groups excluding carboxylic acids is 1. The van der Waals surface area contributed by atoms with Crippen molar-refractivity contribution in [1.29, 1.82) is 0 Å². The van der Waals surface area contributed by atoms with Crippen LogP contribution in [0.15, 0.2) is 23.2 Å². The largest absolute Gasteiger partial charge is 0.348 e. The Kier molecular flexibility index (Phi) is 4.70. The van der Waals surface area contributed by atoms with E-state index in [9.17, 15) is 13.6 Å². The molecule has 0 bridgehead atoms. The highest BCUT2D eigenvalue weighted by molar-refractivity contribution is 8.14. The zero-order valence-corrected chi connectivity index (χ0v) is 13.6. The van der Waals surface area contributed by atoms with Gasteiger partial charge in [-0.2, -0.15) is 0 Å². The third-order valence-electron chi connectivity index (χ3n) is 3.80. The maximum atomic E-state index is 13.6. The number of hydrogen-bond donors (Lipinski definition) is 1. The Labute approximate surface area is 137 Å². The highest BCUT2D eigenvalue weighted by atomic mass is 32.2. The van der Waals surface area contributed by atoms with E-state index in [0.29, 0.717) is 31.4 Å². The van der Waals surface area contributed by atoms with Crippen LogP contribution in [0.4, 0.5) is 19.3 Å². The molecule has 1 atom stereocenters. The quantitative estimate of drug-likeness (QED) is 0.855. The van der Waals surface area contributed by atoms with Gasteiger partial charge in [0.2, 0.25) is 0 Å². The summed E-state index contributed by atoms with van der Waals surface area (Å²) in [6, 6.07) is 2.73. The lowest BCUT2D eigenvalue weighted by Crippen LogP contribution is -2.51. The molecule has 2 aliphatic heterocycles. The molecule has 0 aromatic heterocycles. The summed E-state index contributed by atoms with van der Waals surface area (Å²) in [4.78, 5) is 20.5. The zero-order valence-electron chi connectivity index (χ0n) is 12.8. The number of urea groups is 1. The molecule has 0 unspecified atom stereocenters. The van der Waals surface area contributed by atoms with Crippen LogP contribution in [0.25, 0.3) is 0 Å². The molecule has 0 saturated carbocycles. The molecule has 0 spiro atoms. The number of piperazine rings is 1. The van der Waals surface area contributed by atoms with E-state index < -0.39 is 11.6 Å². The van der Waals surface area contributed by atoms with Crippen LogP contribution in [0.2, 0.25) is 0 Å². The van der Waals surface area contributed by atoms with E-state index in [1.807, 2.05) is 0 Å². The Hall–Kier alpha value is -1.83. The standard InChI is InChI=1S/C15H18F2N4OS/c1-10-9-18-15(23-10)21-6-4-20(5-7-21)14(22)19-13-3-2-11(16)8-12(13)17/h2-3,8,10H,4-7,9H2,1H3,(H,19,22)/t10-/m1/s1. The first-order valence-electron chi connectivity index (χ1n) is 7.50. The second-order valence-electron chi connectivity index (χ2n) is 5.58. The minimum absolute atomic E-state index is 0.0108. The summed E-state index contributed by atoms with van der Waals surface area (Å²) in [5, 5.41) is 4.04. The predicted molar refractivity (Wildman–Crippen MR) is 87.9 cm³/mol. The minimum Gasteiger partial charge on any atom is -0.348 e. The van der Waals surface area contributed by atoms with E-state index in [-0.39, 0.29) is 11.7 Å². The second-order valence-corrected chi connectivity index (χ2v) is 6.99. The van der Waals surface area contributed by atoms with Crippen molar-refractivity contribution >= 4 is 28.6 Å². The van der Waals surface area contributed by atoms with E-state index in [1.165, 1.54) is 6.07 Å². The summed E-state index contributed by atoms with van der Waals surface area (Å²) in [7, 11) is 0. The Bertz CT molecular complexity index is 632. The molecule has 8 heteroatoms. The van der Waals surface area contributed by atoms with Gasteiger partial charge in [0.1, 0.15) is 11.6 Å². The average molecular weight is 340 g/mol. The molecule has 124 valence electrons. The van der Waals surface area contributed by atoms with Crippen molar-refractivity contribution in [3.63, 3.8) is 0 Å². The molecule has 1 saturated heterocycles. The lowest BCUT2D eigenvalue weighted by atomic mass is 10.3. The Morgan fingerprint density at radius 2 is 2.04 bits per heavy atom. The van der Waals surface area contributed by atoms with Crippen molar-refractivity contribution in [2.45, 2.75) is 12.2 Å². The number of thioether (sulfide) groups is 1. The van der Waals surface area contributed by atoms with Gasteiger partial charge in [0.25, 0.3) is 0 Å². The molecule has 2 heterocycles. The zero-order chi connectivity index (χ0) is 16.4. The van der Waals surface area contributed by atoms with Crippen LogP contribution in [0.3, 0.4) is 0 Å². The Morgan fingerprint density at radius 1 is 1.30 bits per heavy atom. The number of nitrogens with one attached hydrogen (secondary N) is 1. The molecule has 2 aliphatic rings. The molecule has 23 heavy (non-hydrogen) atoms. The first-order valence-corrected chi connectivity index (χ1v) is 8.38. The second kappa shape index (κ2) is 6.74. The Balaban J connectivity index is 1.54. The van der Waals surface area contributed by atoms with Crippen molar-refractivity contribution in [2.75, 3.05) is 38.0 Å². The van der Waals surface area contributed by atoms with Crippen LogP contribution in [-0.4, -0.2) is 59.0 Å².